The molecule has 32 heavy (non-hydrogen) atoms. The van der Waals surface area contributed by atoms with Gasteiger partial charge in [-0.2, -0.15) is 0 Å². The number of aromatic nitrogens is 3. The van der Waals surface area contributed by atoms with Crippen LogP contribution in [-0.4, -0.2) is 60.9 Å². The molecule has 9 heteroatoms. The van der Waals surface area contributed by atoms with Crippen LogP contribution in [0.2, 0.25) is 0 Å². The molecule has 1 aromatic carbocycles. The summed E-state index contributed by atoms with van der Waals surface area (Å²) in [4.78, 5) is 27.4. The lowest BCUT2D eigenvalue weighted by Crippen LogP contribution is -2.35. The van der Waals surface area contributed by atoms with Crippen molar-refractivity contribution < 1.29 is 19.0 Å². The van der Waals surface area contributed by atoms with Gasteiger partial charge in [0.05, 0.1) is 18.8 Å². The van der Waals surface area contributed by atoms with E-state index in [9.17, 15) is 4.79 Å². The third-order valence-corrected chi connectivity index (χ3v) is 4.71. The standard InChI is InChI=1S/C23H25N5O4/c1-28(2)21-10-17(26-23(27-21)16-6-5-9-24-11-16)12-25-22(29)15-30-13-18-14-31-19-7-3-4-8-20(19)32-18/h3-11,18H,12-15H2,1-2H3,(H,25,29). The first-order valence-electron chi connectivity index (χ1n) is 10.3. The summed E-state index contributed by atoms with van der Waals surface area (Å²) in [5, 5.41) is 2.84. The highest BCUT2D eigenvalue weighted by Gasteiger charge is 2.21. The third kappa shape index (κ3) is 5.50. The van der Waals surface area contributed by atoms with Crippen molar-refractivity contribution in [1.29, 1.82) is 0 Å². The number of hydrogen-bond acceptors (Lipinski definition) is 8. The molecular formula is C23H25N5O4. The minimum atomic E-state index is -0.260. The number of pyridine rings is 1. The van der Waals surface area contributed by atoms with Crippen LogP contribution in [0, 0.1) is 0 Å². The van der Waals surface area contributed by atoms with Crippen molar-refractivity contribution in [2.75, 3.05) is 38.8 Å². The Kier molecular flexibility index (Phi) is 6.76. The van der Waals surface area contributed by atoms with E-state index in [2.05, 4.69) is 20.3 Å². The SMILES string of the molecule is CN(C)c1cc(CNC(=O)COCC2COc3ccccc3O2)nc(-c2cccnc2)n1. The molecular weight excluding hydrogens is 410 g/mol. The van der Waals surface area contributed by atoms with Gasteiger partial charge in [0.1, 0.15) is 19.0 Å². The van der Waals surface area contributed by atoms with E-state index in [4.69, 9.17) is 14.2 Å². The van der Waals surface area contributed by atoms with Crippen LogP contribution in [-0.2, 0) is 16.1 Å². The van der Waals surface area contributed by atoms with Gasteiger partial charge < -0.3 is 24.4 Å². The molecule has 2 aromatic heterocycles. The largest absolute Gasteiger partial charge is 0.486 e. The maximum atomic E-state index is 12.3. The number of ether oxygens (including phenoxy) is 3. The number of benzene rings is 1. The van der Waals surface area contributed by atoms with Crippen LogP contribution in [0.25, 0.3) is 11.4 Å². The monoisotopic (exact) mass is 435 g/mol. The van der Waals surface area contributed by atoms with E-state index in [1.165, 1.54) is 0 Å². The quantitative estimate of drug-likeness (QED) is 0.574. The molecule has 1 atom stereocenters. The predicted molar refractivity (Wildman–Crippen MR) is 119 cm³/mol. The number of para-hydroxylation sites is 2. The summed E-state index contributed by atoms with van der Waals surface area (Å²) < 4.78 is 17.0. The van der Waals surface area contributed by atoms with Gasteiger partial charge in [-0.15, -0.1) is 0 Å². The molecule has 1 aliphatic rings. The Morgan fingerprint density at radius 3 is 2.81 bits per heavy atom. The topological polar surface area (TPSA) is 98.7 Å². The van der Waals surface area contributed by atoms with E-state index in [1.54, 1.807) is 12.4 Å². The Morgan fingerprint density at radius 2 is 2.03 bits per heavy atom. The van der Waals surface area contributed by atoms with Gasteiger partial charge in [-0.25, -0.2) is 9.97 Å². The van der Waals surface area contributed by atoms with Gasteiger partial charge in [0.15, 0.2) is 23.4 Å². The van der Waals surface area contributed by atoms with Gasteiger partial charge in [0.25, 0.3) is 0 Å². The molecule has 0 radical (unpaired) electrons. The molecule has 0 saturated carbocycles. The number of hydrogen-bond donors (Lipinski definition) is 1. The number of nitrogens with one attached hydrogen (secondary N) is 1. The van der Waals surface area contributed by atoms with E-state index in [0.29, 0.717) is 29.6 Å². The average molecular weight is 435 g/mol. The molecule has 0 saturated heterocycles. The maximum absolute atomic E-state index is 12.3. The highest BCUT2D eigenvalue weighted by atomic mass is 16.6. The summed E-state index contributed by atoms with van der Waals surface area (Å²) in [6.07, 6.45) is 3.15. The number of carbonyl (C=O) groups is 1. The lowest BCUT2D eigenvalue weighted by molar-refractivity contribution is -0.127. The van der Waals surface area contributed by atoms with Gasteiger partial charge in [-0.1, -0.05) is 12.1 Å². The number of rotatable bonds is 8. The summed E-state index contributed by atoms with van der Waals surface area (Å²) in [5.74, 6) is 2.46. The van der Waals surface area contributed by atoms with Gasteiger partial charge >= 0.3 is 0 Å². The summed E-state index contributed by atoms with van der Waals surface area (Å²) in [7, 11) is 3.81. The molecule has 0 spiro atoms. The number of anilines is 1. The minimum absolute atomic E-state index is 0.0808. The molecule has 3 aromatic rings. The molecule has 166 valence electrons. The van der Waals surface area contributed by atoms with E-state index < -0.39 is 0 Å². The first-order chi connectivity index (χ1) is 15.6. The fourth-order valence-electron chi connectivity index (χ4n) is 3.10. The predicted octanol–water partition coefficient (Wildman–Crippen LogP) is 2.08. The number of nitrogens with zero attached hydrogens (tertiary/aromatic N) is 4. The van der Waals surface area contributed by atoms with Gasteiger partial charge in [-0.3, -0.25) is 9.78 Å². The average Bonchev–Trinajstić information content (AvgIpc) is 2.83. The van der Waals surface area contributed by atoms with Crippen molar-refractivity contribution in [2.24, 2.45) is 0 Å². The highest BCUT2D eigenvalue weighted by Crippen LogP contribution is 2.30. The number of fused-ring (bicyclic) bond motifs is 1. The zero-order valence-electron chi connectivity index (χ0n) is 18.0. The lowest BCUT2D eigenvalue weighted by Gasteiger charge is -2.26. The Balaban J connectivity index is 1.29. The zero-order valence-corrected chi connectivity index (χ0v) is 18.0. The van der Waals surface area contributed by atoms with Crippen molar-refractivity contribution >= 4 is 11.7 Å². The Labute approximate surface area is 186 Å². The molecule has 1 unspecified atom stereocenters. The van der Waals surface area contributed by atoms with Crippen LogP contribution in [0.15, 0.2) is 54.9 Å². The lowest BCUT2D eigenvalue weighted by atomic mass is 10.2. The molecule has 0 aliphatic carbocycles. The fourth-order valence-corrected chi connectivity index (χ4v) is 3.10. The van der Waals surface area contributed by atoms with Crippen LogP contribution in [0.5, 0.6) is 11.5 Å². The van der Waals surface area contributed by atoms with Crippen molar-refractivity contribution in [3.8, 4) is 22.9 Å². The van der Waals surface area contributed by atoms with E-state index >= 15 is 0 Å². The Morgan fingerprint density at radius 1 is 1.19 bits per heavy atom. The number of amides is 1. The maximum Gasteiger partial charge on any atom is 0.246 e. The summed E-state index contributed by atoms with van der Waals surface area (Å²) in [6, 6.07) is 13.0. The second kappa shape index (κ2) is 10.1. The van der Waals surface area contributed by atoms with Crippen LogP contribution >= 0.6 is 0 Å². The molecule has 0 fully saturated rings. The van der Waals surface area contributed by atoms with Crippen molar-refractivity contribution in [3.05, 3.63) is 60.6 Å². The molecule has 0 bridgehead atoms. The molecule has 1 amide bonds. The Hall–Kier alpha value is -3.72. The van der Waals surface area contributed by atoms with Gasteiger partial charge in [-0.05, 0) is 24.3 Å². The van der Waals surface area contributed by atoms with Crippen LogP contribution < -0.4 is 19.7 Å². The molecule has 3 heterocycles. The molecule has 4 rings (SSSR count). The molecule has 9 nitrogen and oxygen atoms in total. The van der Waals surface area contributed by atoms with E-state index in [-0.39, 0.29) is 31.8 Å². The number of carbonyl (C=O) groups excluding carboxylic acids is 1. The first-order valence-corrected chi connectivity index (χ1v) is 10.3. The van der Waals surface area contributed by atoms with Gasteiger partial charge in [0, 0.05) is 38.1 Å². The van der Waals surface area contributed by atoms with E-state index in [1.807, 2.05) is 61.5 Å². The Bertz CT molecular complexity index is 1060. The second-order valence-electron chi connectivity index (χ2n) is 7.47. The normalized spacial score (nSPS) is 14.6. The van der Waals surface area contributed by atoms with E-state index in [0.717, 1.165) is 11.4 Å². The van der Waals surface area contributed by atoms with Crippen molar-refractivity contribution in [3.63, 3.8) is 0 Å². The fraction of sp³-hybridized carbons (Fsp3) is 0.304. The van der Waals surface area contributed by atoms with Crippen LogP contribution in [0.4, 0.5) is 5.82 Å². The smallest absolute Gasteiger partial charge is 0.246 e. The summed E-state index contributed by atoms with van der Waals surface area (Å²) in [5.41, 5.74) is 1.50. The summed E-state index contributed by atoms with van der Waals surface area (Å²) in [6.45, 7) is 0.813. The minimum Gasteiger partial charge on any atom is -0.486 e. The highest BCUT2D eigenvalue weighted by molar-refractivity contribution is 5.77. The van der Waals surface area contributed by atoms with Crippen molar-refractivity contribution in [2.45, 2.75) is 12.6 Å². The first kappa shape index (κ1) is 21.5. The van der Waals surface area contributed by atoms with Crippen molar-refractivity contribution in [1.82, 2.24) is 20.3 Å². The zero-order chi connectivity index (χ0) is 22.3. The van der Waals surface area contributed by atoms with Crippen LogP contribution in [0.1, 0.15) is 5.69 Å². The second-order valence-corrected chi connectivity index (χ2v) is 7.47. The summed E-state index contributed by atoms with van der Waals surface area (Å²) >= 11 is 0. The van der Waals surface area contributed by atoms with Crippen LogP contribution in [0.3, 0.4) is 0 Å². The molecule has 1 N–H and O–H groups in total. The third-order valence-electron chi connectivity index (χ3n) is 4.71. The van der Waals surface area contributed by atoms with Gasteiger partial charge in [0.2, 0.25) is 5.91 Å². The molecule has 1 aliphatic heterocycles.